The Morgan fingerprint density at radius 1 is 1.55 bits per heavy atom. The highest BCUT2D eigenvalue weighted by Crippen LogP contribution is 2.22. The minimum absolute atomic E-state index is 0.590. The van der Waals surface area contributed by atoms with Gasteiger partial charge in [-0.15, -0.1) is 11.3 Å². The maximum atomic E-state index is 5.41. The zero-order valence-corrected chi connectivity index (χ0v) is 12.5. The lowest BCUT2D eigenvalue weighted by molar-refractivity contribution is 0.174. The lowest BCUT2D eigenvalue weighted by Gasteiger charge is -2.26. The van der Waals surface area contributed by atoms with E-state index in [2.05, 4.69) is 27.3 Å². The van der Waals surface area contributed by atoms with Crippen LogP contribution < -0.4 is 5.32 Å². The second kappa shape index (κ2) is 6.47. The third-order valence-corrected chi connectivity index (χ3v) is 4.48. The molecule has 2 aromatic heterocycles. The molecule has 1 atom stereocenters. The van der Waals surface area contributed by atoms with Gasteiger partial charge in [0.2, 0.25) is 11.7 Å². The molecule has 1 aliphatic rings. The van der Waals surface area contributed by atoms with Gasteiger partial charge in [0.1, 0.15) is 0 Å². The molecule has 3 heterocycles. The first kappa shape index (κ1) is 13.7. The van der Waals surface area contributed by atoms with Crippen molar-refractivity contribution in [1.82, 2.24) is 20.4 Å². The van der Waals surface area contributed by atoms with Crippen LogP contribution in [0.5, 0.6) is 0 Å². The molecule has 1 fully saturated rings. The quantitative estimate of drug-likeness (QED) is 0.886. The molecule has 0 bridgehead atoms. The summed E-state index contributed by atoms with van der Waals surface area (Å²) in [6, 6.07) is 4.61. The SMILES string of the molecule is CCCN(Cc1nc(-c2cccs2)no1)C1CCNC1. The van der Waals surface area contributed by atoms with E-state index < -0.39 is 0 Å². The molecule has 0 aliphatic carbocycles. The zero-order valence-electron chi connectivity index (χ0n) is 11.7. The largest absolute Gasteiger partial charge is 0.338 e. The fraction of sp³-hybridized carbons (Fsp3) is 0.571. The van der Waals surface area contributed by atoms with E-state index in [4.69, 9.17) is 4.52 Å². The highest BCUT2D eigenvalue weighted by Gasteiger charge is 2.23. The average Bonchev–Trinajstić information content (AvgIpc) is 3.20. The Labute approximate surface area is 123 Å². The first-order valence-electron chi connectivity index (χ1n) is 7.18. The van der Waals surface area contributed by atoms with Crippen LogP contribution in [0.4, 0.5) is 0 Å². The number of nitrogens with zero attached hydrogens (tertiary/aromatic N) is 3. The summed E-state index contributed by atoms with van der Waals surface area (Å²) in [5.74, 6) is 1.42. The Morgan fingerprint density at radius 2 is 2.50 bits per heavy atom. The molecule has 1 unspecified atom stereocenters. The molecule has 2 aromatic rings. The lowest BCUT2D eigenvalue weighted by Crippen LogP contribution is -2.37. The van der Waals surface area contributed by atoms with Crippen molar-refractivity contribution in [2.75, 3.05) is 19.6 Å². The summed E-state index contributed by atoms with van der Waals surface area (Å²) in [4.78, 5) is 8.03. The standard InChI is InChI=1S/C14H20N4OS/c1-2-7-18(11-5-6-15-9-11)10-13-16-14(17-19-13)12-4-3-8-20-12/h3-4,8,11,15H,2,5-7,9-10H2,1H3. The van der Waals surface area contributed by atoms with Crippen molar-refractivity contribution in [2.24, 2.45) is 0 Å². The maximum absolute atomic E-state index is 5.41. The van der Waals surface area contributed by atoms with E-state index in [0.717, 1.165) is 37.5 Å². The molecular formula is C14H20N4OS. The molecule has 0 aromatic carbocycles. The van der Waals surface area contributed by atoms with Crippen molar-refractivity contribution in [1.29, 1.82) is 0 Å². The van der Waals surface area contributed by atoms with Crippen LogP contribution in [0.25, 0.3) is 10.7 Å². The Morgan fingerprint density at radius 3 is 3.20 bits per heavy atom. The normalized spacial score (nSPS) is 19.0. The molecule has 108 valence electrons. The van der Waals surface area contributed by atoms with Crippen LogP contribution in [-0.4, -0.2) is 40.7 Å². The number of hydrogen-bond donors (Lipinski definition) is 1. The highest BCUT2D eigenvalue weighted by atomic mass is 32.1. The summed E-state index contributed by atoms with van der Waals surface area (Å²) in [5, 5.41) is 9.53. The number of rotatable bonds is 6. The Bertz CT molecular complexity index is 519. The van der Waals surface area contributed by atoms with Crippen molar-refractivity contribution in [3.05, 3.63) is 23.4 Å². The molecule has 5 nitrogen and oxygen atoms in total. The van der Waals surface area contributed by atoms with E-state index in [9.17, 15) is 0 Å². The van der Waals surface area contributed by atoms with Gasteiger partial charge in [-0.1, -0.05) is 18.1 Å². The molecular weight excluding hydrogens is 272 g/mol. The highest BCUT2D eigenvalue weighted by molar-refractivity contribution is 7.13. The minimum atomic E-state index is 0.590. The fourth-order valence-electron chi connectivity index (χ4n) is 2.63. The number of aromatic nitrogens is 2. The maximum Gasteiger partial charge on any atom is 0.241 e. The molecule has 3 rings (SSSR count). The molecule has 0 radical (unpaired) electrons. The van der Waals surface area contributed by atoms with Crippen molar-refractivity contribution in [3.63, 3.8) is 0 Å². The summed E-state index contributed by atoms with van der Waals surface area (Å²) < 4.78 is 5.41. The van der Waals surface area contributed by atoms with Gasteiger partial charge < -0.3 is 9.84 Å². The van der Waals surface area contributed by atoms with E-state index >= 15 is 0 Å². The van der Waals surface area contributed by atoms with E-state index in [1.54, 1.807) is 11.3 Å². The molecule has 20 heavy (non-hydrogen) atoms. The molecule has 0 amide bonds. The van der Waals surface area contributed by atoms with Crippen LogP contribution in [0.1, 0.15) is 25.7 Å². The van der Waals surface area contributed by atoms with Crippen LogP contribution in [0.2, 0.25) is 0 Å². The summed E-state index contributed by atoms with van der Waals surface area (Å²) in [5.41, 5.74) is 0. The lowest BCUT2D eigenvalue weighted by atomic mass is 10.2. The van der Waals surface area contributed by atoms with Gasteiger partial charge in [-0.25, -0.2) is 0 Å². The summed E-state index contributed by atoms with van der Waals surface area (Å²) in [6.07, 6.45) is 2.34. The average molecular weight is 292 g/mol. The van der Waals surface area contributed by atoms with Gasteiger partial charge in [0.25, 0.3) is 0 Å². The van der Waals surface area contributed by atoms with Crippen molar-refractivity contribution >= 4 is 11.3 Å². The second-order valence-electron chi connectivity index (χ2n) is 5.11. The van der Waals surface area contributed by atoms with Gasteiger partial charge in [-0.2, -0.15) is 4.98 Å². The van der Waals surface area contributed by atoms with Crippen molar-refractivity contribution in [2.45, 2.75) is 32.4 Å². The zero-order chi connectivity index (χ0) is 13.8. The monoisotopic (exact) mass is 292 g/mol. The Hall–Kier alpha value is -1.24. The smallest absolute Gasteiger partial charge is 0.241 e. The van der Waals surface area contributed by atoms with Gasteiger partial charge in [-0.05, 0) is 37.4 Å². The van der Waals surface area contributed by atoms with Crippen molar-refractivity contribution in [3.8, 4) is 10.7 Å². The fourth-order valence-corrected chi connectivity index (χ4v) is 3.28. The summed E-state index contributed by atoms with van der Waals surface area (Å²) >= 11 is 1.64. The predicted octanol–water partition coefficient (Wildman–Crippen LogP) is 2.37. The summed E-state index contributed by atoms with van der Waals surface area (Å²) in [7, 11) is 0. The van der Waals surface area contributed by atoms with Gasteiger partial charge in [0, 0.05) is 12.6 Å². The van der Waals surface area contributed by atoms with Crippen LogP contribution in [-0.2, 0) is 6.54 Å². The Balaban J connectivity index is 1.68. The van der Waals surface area contributed by atoms with Gasteiger partial charge in [-0.3, -0.25) is 4.90 Å². The minimum Gasteiger partial charge on any atom is -0.338 e. The van der Waals surface area contributed by atoms with Gasteiger partial charge >= 0.3 is 0 Å². The second-order valence-corrected chi connectivity index (χ2v) is 6.05. The van der Waals surface area contributed by atoms with E-state index in [0.29, 0.717) is 17.8 Å². The molecule has 6 heteroatoms. The van der Waals surface area contributed by atoms with Gasteiger partial charge in [0.05, 0.1) is 11.4 Å². The molecule has 1 aliphatic heterocycles. The predicted molar refractivity (Wildman–Crippen MR) is 79.6 cm³/mol. The summed E-state index contributed by atoms with van der Waals surface area (Å²) in [6.45, 7) is 6.20. The molecule has 1 N–H and O–H groups in total. The third-order valence-electron chi connectivity index (χ3n) is 3.61. The topological polar surface area (TPSA) is 54.2 Å². The van der Waals surface area contributed by atoms with E-state index in [-0.39, 0.29) is 0 Å². The molecule has 0 saturated carbocycles. The number of hydrogen-bond acceptors (Lipinski definition) is 6. The number of nitrogens with one attached hydrogen (secondary N) is 1. The number of thiophene rings is 1. The van der Waals surface area contributed by atoms with Gasteiger partial charge in [0.15, 0.2) is 0 Å². The van der Waals surface area contributed by atoms with Crippen LogP contribution in [0.3, 0.4) is 0 Å². The molecule has 0 spiro atoms. The third kappa shape index (κ3) is 3.08. The molecule has 1 saturated heterocycles. The first-order valence-corrected chi connectivity index (χ1v) is 8.06. The Kier molecular flexibility index (Phi) is 4.44. The van der Waals surface area contributed by atoms with E-state index in [1.165, 1.54) is 6.42 Å². The van der Waals surface area contributed by atoms with Crippen molar-refractivity contribution < 1.29 is 4.52 Å². The van der Waals surface area contributed by atoms with E-state index in [1.807, 2.05) is 17.5 Å². The van der Waals surface area contributed by atoms with Crippen LogP contribution >= 0.6 is 11.3 Å². The first-order chi connectivity index (χ1) is 9.86. The van der Waals surface area contributed by atoms with Crippen LogP contribution in [0.15, 0.2) is 22.0 Å². The van der Waals surface area contributed by atoms with Crippen LogP contribution in [0, 0.1) is 0 Å².